The molecule has 0 saturated carbocycles. The number of nitrogens with one attached hydrogen (secondary N) is 1. The fourth-order valence-electron chi connectivity index (χ4n) is 4.62. The van der Waals surface area contributed by atoms with Crippen molar-refractivity contribution < 1.29 is 18.0 Å². The predicted octanol–water partition coefficient (Wildman–Crippen LogP) is 6.36. The average Bonchev–Trinajstić information content (AvgIpc) is 3.02. The molecule has 1 N–H and O–H groups in total. The molecule has 0 spiro atoms. The Morgan fingerprint density at radius 2 is 1.37 bits per heavy atom. The zero-order valence-corrected chi connectivity index (χ0v) is 26.0. The topological polar surface area (TPSA) is 86.8 Å². The SMILES string of the molecule is CCCNC(=O)C(Cc1ccccc1)N(Cc1ccccc1Cl)C(=O)CN(c1ccccc1Cl)S(=O)(=O)c1ccccc1. The standard InChI is InChI=1S/C33H33Cl2N3O4S/c1-2-21-36-33(40)31(22-25-13-5-3-6-14-25)37(23-26-15-9-10-18-28(26)34)32(39)24-38(30-20-12-11-19-29(30)35)43(41,42)27-16-7-4-8-17-27/h3-20,31H,2,21-24H2,1H3,(H,36,40). The summed E-state index contributed by atoms with van der Waals surface area (Å²) in [6.07, 6.45) is 0.919. The van der Waals surface area contributed by atoms with Crippen LogP contribution in [0, 0.1) is 0 Å². The molecule has 0 radical (unpaired) electrons. The fourth-order valence-corrected chi connectivity index (χ4v) is 6.55. The molecule has 0 aromatic heterocycles. The van der Waals surface area contributed by atoms with Crippen LogP contribution in [0.3, 0.4) is 0 Å². The summed E-state index contributed by atoms with van der Waals surface area (Å²) >= 11 is 13.0. The minimum atomic E-state index is -4.23. The largest absolute Gasteiger partial charge is 0.354 e. The Kier molecular flexibility index (Phi) is 11.2. The highest BCUT2D eigenvalue weighted by atomic mass is 35.5. The lowest BCUT2D eigenvalue weighted by Gasteiger charge is -2.34. The third-order valence-electron chi connectivity index (χ3n) is 6.85. The van der Waals surface area contributed by atoms with E-state index in [9.17, 15) is 18.0 Å². The maximum Gasteiger partial charge on any atom is 0.264 e. The van der Waals surface area contributed by atoms with E-state index in [0.29, 0.717) is 23.6 Å². The maximum atomic E-state index is 14.4. The molecule has 4 aromatic carbocycles. The van der Waals surface area contributed by atoms with Crippen LogP contribution in [0.1, 0.15) is 24.5 Å². The first-order valence-electron chi connectivity index (χ1n) is 13.9. The number of rotatable bonds is 13. The molecule has 4 aromatic rings. The zero-order chi connectivity index (χ0) is 30.8. The second-order valence-electron chi connectivity index (χ2n) is 9.89. The zero-order valence-electron chi connectivity index (χ0n) is 23.7. The second-order valence-corrected chi connectivity index (χ2v) is 12.6. The van der Waals surface area contributed by atoms with E-state index in [4.69, 9.17) is 23.2 Å². The van der Waals surface area contributed by atoms with Crippen molar-refractivity contribution in [2.45, 2.75) is 37.2 Å². The lowest BCUT2D eigenvalue weighted by atomic mass is 10.0. The van der Waals surface area contributed by atoms with Crippen molar-refractivity contribution in [2.24, 2.45) is 0 Å². The van der Waals surface area contributed by atoms with Crippen molar-refractivity contribution in [1.29, 1.82) is 0 Å². The molecular formula is C33H33Cl2N3O4S. The van der Waals surface area contributed by atoms with Gasteiger partial charge >= 0.3 is 0 Å². The summed E-state index contributed by atoms with van der Waals surface area (Å²) in [6, 6.07) is 29.7. The maximum absolute atomic E-state index is 14.4. The number of sulfonamides is 1. The van der Waals surface area contributed by atoms with Gasteiger partial charge in [-0.05, 0) is 47.9 Å². The van der Waals surface area contributed by atoms with Gasteiger partial charge in [-0.15, -0.1) is 0 Å². The number of nitrogens with zero attached hydrogens (tertiary/aromatic N) is 2. The minimum absolute atomic E-state index is 0.00176. The number of hydrogen-bond donors (Lipinski definition) is 1. The van der Waals surface area contributed by atoms with Gasteiger partial charge in [0.25, 0.3) is 10.0 Å². The third-order valence-corrected chi connectivity index (χ3v) is 9.31. The molecule has 0 heterocycles. The number of carbonyl (C=O) groups excluding carboxylic acids is 2. The Labute approximate surface area is 263 Å². The van der Waals surface area contributed by atoms with Crippen LogP contribution < -0.4 is 9.62 Å². The van der Waals surface area contributed by atoms with Gasteiger partial charge in [-0.3, -0.25) is 13.9 Å². The molecule has 0 aliphatic rings. The molecule has 224 valence electrons. The van der Waals surface area contributed by atoms with Gasteiger partial charge in [0.05, 0.1) is 15.6 Å². The van der Waals surface area contributed by atoms with Crippen molar-refractivity contribution in [3.8, 4) is 0 Å². The molecule has 0 saturated heterocycles. The van der Waals surface area contributed by atoms with E-state index in [1.54, 1.807) is 66.7 Å². The van der Waals surface area contributed by atoms with Gasteiger partial charge in [-0.2, -0.15) is 0 Å². The summed E-state index contributed by atoms with van der Waals surface area (Å²) in [4.78, 5) is 29.5. The summed E-state index contributed by atoms with van der Waals surface area (Å²) in [6.45, 7) is 1.75. The average molecular weight is 639 g/mol. The number of para-hydroxylation sites is 1. The van der Waals surface area contributed by atoms with Crippen LogP contribution in [0.2, 0.25) is 10.0 Å². The third kappa shape index (κ3) is 8.16. The minimum Gasteiger partial charge on any atom is -0.354 e. The number of hydrogen-bond acceptors (Lipinski definition) is 4. The molecule has 10 heteroatoms. The molecular weight excluding hydrogens is 605 g/mol. The van der Waals surface area contributed by atoms with Crippen molar-refractivity contribution in [1.82, 2.24) is 10.2 Å². The lowest BCUT2D eigenvalue weighted by molar-refractivity contribution is -0.140. The summed E-state index contributed by atoms with van der Waals surface area (Å²) in [5, 5.41) is 3.50. The first-order valence-corrected chi connectivity index (χ1v) is 16.1. The highest BCUT2D eigenvalue weighted by Gasteiger charge is 2.35. The Bertz CT molecular complexity index is 1640. The Morgan fingerprint density at radius 1 is 0.791 bits per heavy atom. The van der Waals surface area contributed by atoms with Gasteiger partial charge in [-0.25, -0.2) is 8.42 Å². The highest BCUT2D eigenvalue weighted by Crippen LogP contribution is 2.31. The highest BCUT2D eigenvalue weighted by molar-refractivity contribution is 7.92. The van der Waals surface area contributed by atoms with Gasteiger partial charge in [0.1, 0.15) is 12.6 Å². The lowest BCUT2D eigenvalue weighted by Crippen LogP contribution is -2.53. The number of amides is 2. The Hall–Kier alpha value is -3.85. The van der Waals surface area contributed by atoms with E-state index >= 15 is 0 Å². The van der Waals surface area contributed by atoms with Gasteiger partial charge in [0.2, 0.25) is 11.8 Å². The van der Waals surface area contributed by atoms with Gasteiger partial charge < -0.3 is 10.2 Å². The van der Waals surface area contributed by atoms with Crippen molar-refractivity contribution in [3.05, 3.63) is 130 Å². The molecule has 1 unspecified atom stereocenters. The van der Waals surface area contributed by atoms with Crippen LogP contribution in [0.5, 0.6) is 0 Å². The molecule has 1 atom stereocenters. The normalized spacial score (nSPS) is 11.9. The van der Waals surface area contributed by atoms with Crippen LogP contribution in [0.15, 0.2) is 114 Å². The molecule has 2 amide bonds. The molecule has 0 aliphatic carbocycles. The van der Waals surface area contributed by atoms with Crippen LogP contribution in [0.25, 0.3) is 0 Å². The first-order chi connectivity index (χ1) is 20.7. The van der Waals surface area contributed by atoms with Crippen LogP contribution in [0.4, 0.5) is 5.69 Å². The number of carbonyl (C=O) groups is 2. The summed E-state index contributed by atoms with van der Waals surface area (Å²) in [5.74, 6) is -0.937. The molecule has 4 rings (SSSR count). The van der Waals surface area contributed by atoms with E-state index in [1.807, 2.05) is 37.3 Å². The van der Waals surface area contributed by atoms with Gasteiger partial charge in [-0.1, -0.05) is 109 Å². The predicted molar refractivity (Wildman–Crippen MR) is 172 cm³/mol. The number of anilines is 1. The van der Waals surface area contributed by atoms with Gasteiger partial charge in [0.15, 0.2) is 0 Å². The Balaban J connectivity index is 1.81. The van der Waals surface area contributed by atoms with Crippen LogP contribution >= 0.6 is 23.2 Å². The molecule has 0 fully saturated rings. The van der Waals surface area contributed by atoms with E-state index in [1.165, 1.54) is 17.0 Å². The molecule has 0 bridgehead atoms. The Morgan fingerprint density at radius 3 is 2.00 bits per heavy atom. The summed E-state index contributed by atoms with van der Waals surface area (Å²) in [5.41, 5.74) is 1.61. The van der Waals surface area contributed by atoms with Crippen LogP contribution in [-0.2, 0) is 32.6 Å². The van der Waals surface area contributed by atoms with E-state index < -0.39 is 28.5 Å². The smallest absolute Gasteiger partial charge is 0.264 e. The number of benzene rings is 4. The van der Waals surface area contributed by atoms with E-state index in [-0.39, 0.29) is 34.5 Å². The summed E-state index contributed by atoms with van der Waals surface area (Å²) in [7, 11) is -4.23. The number of halogens is 2. The summed E-state index contributed by atoms with van der Waals surface area (Å²) < 4.78 is 29.0. The van der Waals surface area contributed by atoms with E-state index in [2.05, 4.69) is 5.32 Å². The van der Waals surface area contributed by atoms with Gasteiger partial charge in [0, 0.05) is 24.5 Å². The first kappa shape index (κ1) is 32.1. The monoisotopic (exact) mass is 637 g/mol. The fraction of sp³-hybridized carbons (Fsp3) is 0.212. The second kappa shape index (κ2) is 15.0. The molecule has 0 aliphatic heterocycles. The van der Waals surface area contributed by atoms with Crippen molar-refractivity contribution in [3.63, 3.8) is 0 Å². The quantitative estimate of drug-likeness (QED) is 0.185. The molecule has 43 heavy (non-hydrogen) atoms. The van der Waals surface area contributed by atoms with E-state index in [0.717, 1.165) is 9.87 Å². The molecule has 7 nitrogen and oxygen atoms in total. The van der Waals surface area contributed by atoms with Crippen molar-refractivity contribution >= 4 is 50.7 Å². The van der Waals surface area contributed by atoms with Crippen LogP contribution in [-0.4, -0.2) is 44.3 Å². The van der Waals surface area contributed by atoms with Crippen molar-refractivity contribution in [2.75, 3.05) is 17.4 Å².